The van der Waals surface area contributed by atoms with Crippen LogP contribution >= 0.6 is 11.8 Å². The molecule has 0 radical (unpaired) electrons. The molecule has 2 aromatic rings. The largest absolute Gasteiger partial charge is 0.481 e. The zero-order valence-corrected chi connectivity index (χ0v) is 20.3. The Morgan fingerprint density at radius 2 is 1.71 bits per heavy atom. The van der Waals surface area contributed by atoms with Crippen molar-refractivity contribution in [2.75, 3.05) is 24.7 Å². The average Bonchev–Trinajstić information content (AvgIpc) is 3.11. The van der Waals surface area contributed by atoms with Gasteiger partial charge in [-0.05, 0) is 36.1 Å². The zero-order valence-electron chi connectivity index (χ0n) is 19.5. The van der Waals surface area contributed by atoms with Crippen LogP contribution in [-0.2, 0) is 14.3 Å². The van der Waals surface area contributed by atoms with Gasteiger partial charge in [0.15, 0.2) is 0 Å². The number of alkyl carbamates (subject to hydrolysis) is 1. The summed E-state index contributed by atoms with van der Waals surface area (Å²) in [5, 5.41) is 12.0. The molecule has 4 rings (SSSR count). The van der Waals surface area contributed by atoms with Gasteiger partial charge in [-0.15, -0.1) is 0 Å². The van der Waals surface area contributed by atoms with Gasteiger partial charge >= 0.3 is 12.1 Å². The van der Waals surface area contributed by atoms with Gasteiger partial charge in [0.25, 0.3) is 0 Å². The molecule has 34 heavy (non-hydrogen) atoms. The van der Waals surface area contributed by atoms with Crippen LogP contribution in [0.5, 0.6) is 0 Å². The second kappa shape index (κ2) is 10.1. The second-order valence-electron chi connectivity index (χ2n) is 9.42. The van der Waals surface area contributed by atoms with Crippen molar-refractivity contribution in [1.82, 2.24) is 10.2 Å². The first-order chi connectivity index (χ1) is 16.2. The molecule has 1 fully saturated rings. The van der Waals surface area contributed by atoms with Gasteiger partial charge in [-0.2, -0.15) is 11.8 Å². The molecule has 7 nitrogen and oxygen atoms in total. The number of carboxylic acids is 1. The number of aliphatic carboxylic acids is 1. The number of hydrogen-bond donors (Lipinski definition) is 2. The van der Waals surface area contributed by atoms with Crippen molar-refractivity contribution in [1.29, 1.82) is 0 Å². The molecule has 2 aromatic carbocycles. The fourth-order valence-electron chi connectivity index (χ4n) is 4.79. The van der Waals surface area contributed by atoms with Crippen molar-refractivity contribution in [3.63, 3.8) is 0 Å². The van der Waals surface area contributed by atoms with E-state index in [1.165, 1.54) is 0 Å². The van der Waals surface area contributed by atoms with Gasteiger partial charge in [0, 0.05) is 35.9 Å². The number of benzene rings is 2. The Bertz CT molecular complexity index is 1040. The Balaban J connectivity index is 1.35. The van der Waals surface area contributed by atoms with E-state index in [1.807, 2.05) is 24.3 Å². The van der Waals surface area contributed by atoms with Crippen LogP contribution in [0.4, 0.5) is 4.79 Å². The molecule has 0 saturated carbocycles. The monoisotopic (exact) mass is 482 g/mol. The molecule has 1 aliphatic carbocycles. The zero-order chi connectivity index (χ0) is 24.3. The minimum absolute atomic E-state index is 0.0366. The number of carbonyl (C=O) groups excluding carboxylic acids is 2. The van der Waals surface area contributed by atoms with Crippen LogP contribution in [-0.4, -0.2) is 64.2 Å². The fourth-order valence-corrected chi connectivity index (χ4v) is 5.85. The Kier molecular flexibility index (Phi) is 7.16. The van der Waals surface area contributed by atoms with Crippen molar-refractivity contribution < 1.29 is 24.2 Å². The number of ether oxygens (including phenoxy) is 1. The molecule has 2 N–H and O–H groups in total. The van der Waals surface area contributed by atoms with E-state index in [2.05, 4.69) is 29.6 Å². The van der Waals surface area contributed by atoms with Crippen LogP contribution < -0.4 is 5.32 Å². The van der Waals surface area contributed by atoms with Crippen molar-refractivity contribution in [2.24, 2.45) is 0 Å². The van der Waals surface area contributed by atoms with Gasteiger partial charge in [0.05, 0.1) is 12.5 Å². The average molecular weight is 483 g/mol. The van der Waals surface area contributed by atoms with E-state index < -0.39 is 17.6 Å². The van der Waals surface area contributed by atoms with Gasteiger partial charge in [0.2, 0.25) is 5.91 Å². The van der Waals surface area contributed by atoms with Gasteiger partial charge in [-0.3, -0.25) is 9.59 Å². The number of carboxylic acid groups (broad SMARTS) is 1. The highest BCUT2D eigenvalue weighted by atomic mass is 32.2. The van der Waals surface area contributed by atoms with E-state index in [0.29, 0.717) is 12.3 Å². The molecule has 1 heterocycles. The Hall–Kier alpha value is -3.00. The predicted octanol–water partition coefficient (Wildman–Crippen LogP) is 4.11. The summed E-state index contributed by atoms with van der Waals surface area (Å²) in [5.74, 6) is 0.280. The standard InChI is InChI=1S/C26H30N2O5S/c1-26(2,14-23(29)28-11-12-34-16-17(28)13-24(30)31)27-25(32)33-15-22-20-9-5-3-7-18(20)19-8-4-6-10-21(19)22/h3-10,17,22H,11-16H2,1-2H3,(H,27,32)(H,30,31). The van der Waals surface area contributed by atoms with Gasteiger partial charge < -0.3 is 20.1 Å². The van der Waals surface area contributed by atoms with Crippen LogP contribution in [0.25, 0.3) is 11.1 Å². The third kappa shape index (κ3) is 5.38. The lowest BCUT2D eigenvalue weighted by Crippen LogP contribution is -2.52. The highest BCUT2D eigenvalue weighted by molar-refractivity contribution is 7.99. The second-order valence-corrected chi connectivity index (χ2v) is 10.6. The maximum absolute atomic E-state index is 13.0. The summed E-state index contributed by atoms with van der Waals surface area (Å²) in [7, 11) is 0. The molecule has 1 atom stereocenters. The van der Waals surface area contributed by atoms with E-state index >= 15 is 0 Å². The maximum atomic E-state index is 13.0. The van der Waals surface area contributed by atoms with E-state index in [-0.39, 0.29) is 37.3 Å². The smallest absolute Gasteiger partial charge is 0.407 e. The van der Waals surface area contributed by atoms with Crippen LogP contribution in [0, 0.1) is 0 Å². The number of nitrogens with one attached hydrogen (secondary N) is 1. The topological polar surface area (TPSA) is 95.9 Å². The van der Waals surface area contributed by atoms with Crippen molar-refractivity contribution >= 4 is 29.7 Å². The van der Waals surface area contributed by atoms with Gasteiger partial charge in [-0.25, -0.2) is 4.79 Å². The highest BCUT2D eigenvalue weighted by Gasteiger charge is 2.34. The lowest BCUT2D eigenvalue weighted by atomic mass is 9.98. The summed E-state index contributed by atoms with van der Waals surface area (Å²) in [6.45, 7) is 4.27. The van der Waals surface area contributed by atoms with Crippen LogP contribution in [0.15, 0.2) is 48.5 Å². The molecule has 2 amide bonds. The Labute approximate surface area is 203 Å². The Morgan fingerprint density at radius 3 is 2.32 bits per heavy atom. The first-order valence-corrected chi connectivity index (χ1v) is 12.6. The normalized spacial score (nSPS) is 17.6. The highest BCUT2D eigenvalue weighted by Crippen LogP contribution is 2.44. The van der Waals surface area contributed by atoms with Crippen LogP contribution in [0.1, 0.15) is 43.7 Å². The first-order valence-electron chi connectivity index (χ1n) is 11.5. The quantitative estimate of drug-likeness (QED) is 0.617. The molecule has 0 spiro atoms. The molecule has 8 heteroatoms. The summed E-state index contributed by atoms with van der Waals surface area (Å²) in [4.78, 5) is 38.5. The number of hydrogen-bond acceptors (Lipinski definition) is 5. The van der Waals surface area contributed by atoms with Crippen molar-refractivity contribution in [3.8, 4) is 11.1 Å². The SMILES string of the molecule is CC(C)(CC(=O)N1CCSCC1CC(=O)O)NC(=O)OCC1c2ccccc2-c2ccccc21. The molecule has 180 valence electrons. The van der Waals surface area contributed by atoms with E-state index in [1.54, 1.807) is 30.5 Å². The molecule has 1 unspecified atom stereocenters. The lowest BCUT2D eigenvalue weighted by molar-refractivity contribution is -0.140. The minimum Gasteiger partial charge on any atom is -0.481 e. The van der Waals surface area contributed by atoms with E-state index in [4.69, 9.17) is 9.84 Å². The third-order valence-electron chi connectivity index (χ3n) is 6.34. The molecule has 1 aliphatic heterocycles. The molecular weight excluding hydrogens is 452 g/mol. The summed E-state index contributed by atoms with van der Waals surface area (Å²) in [6.07, 6.45) is -0.576. The number of rotatable bonds is 7. The molecule has 2 aliphatic rings. The summed E-state index contributed by atoms with van der Waals surface area (Å²) in [6, 6.07) is 16.0. The van der Waals surface area contributed by atoms with Crippen molar-refractivity contribution in [3.05, 3.63) is 59.7 Å². The van der Waals surface area contributed by atoms with Crippen LogP contribution in [0.2, 0.25) is 0 Å². The van der Waals surface area contributed by atoms with Gasteiger partial charge in [-0.1, -0.05) is 48.5 Å². The number of nitrogens with zero attached hydrogens (tertiary/aromatic N) is 1. The summed E-state index contributed by atoms with van der Waals surface area (Å²) < 4.78 is 5.62. The van der Waals surface area contributed by atoms with Gasteiger partial charge in [0.1, 0.15) is 6.61 Å². The lowest BCUT2D eigenvalue weighted by Gasteiger charge is -2.37. The predicted molar refractivity (Wildman–Crippen MR) is 132 cm³/mol. The third-order valence-corrected chi connectivity index (χ3v) is 7.43. The van der Waals surface area contributed by atoms with Crippen LogP contribution in [0.3, 0.4) is 0 Å². The van der Waals surface area contributed by atoms with E-state index in [0.717, 1.165) is 28.0 Å². The summed E-state index contributed by atoms with van der Waals surface area (Å²) in [5.41, 5.74) is 3.76. The van der Waals surface area contributed by atoms with Crippen molar-refractivity contribution in [2.45, 2.75) is 44.2 Å². The summed E-state index contributed by atoms with van der Waals surface area (Å²) >= 11 is 1.66. The number of thioether (sulfide) groups is 1. The fraction of sp³-hybridized carbons (Fsp3) is 0.423. The molecule has 1 saturated heterocycles. The number of fused-ring (bicyclic) bond motifs is 3. The maximum Gasteiger partial charge on any atom is 0.407 e. The Morgan fingerprint density at radius 1 is 1.09 bits per heavy atom. The molecular formula is C26H30N2O5S. The molecule has 0 aromatic heterocycles. The number of carbonyl (C=O) groups is 3. The molecule has 0 bridgehead atoms. The first kappa shape index (κ1) is 24.1. The minimum atomic E-state index is -0.915. The van der Waals surface area contributed by atoms with E-state index in [9.17, 15) is 14.4 Å². The number of amides is 2.